The summed E-state index contributed by atoms with van der Waals surface area (Å²) in [6.07, 6.45) is 0. The Balaban J connectivity index is 2.25. The van der Waals surface area contributed by atoms with Crippen LogP contribution >= 0.6 is 11.8 Å². The summed E-state index contributed by atoms with van der Waals surface area (Å²) in [5.74, 6) is 1.50. The van der Waals surface area contributed by atoms with Gasteiger partial charge < -0.3 is 5.32 Å². The van der Waals surface area contributed by atoms with Gasteiger partial charge in [-0.05, 0) is 24.8 Å². The maximum atomic E-state index is 9.32. The molecule has 6 nitrogen and oxygen atoms in total. The minimum absolute atomic E-state index is 0.118. The average molecular weight is 274 g/mol. The molecule has 0 bridgehead atoms. The van der Waals surface area contributed by atoms with E-state index in [0.717, 1.165) is 16.3 Å². The van der Waals surface area contributed by atoms with Crippen LogP contribution in [0.5, 0.6) is 0 Å². The predicted octanol–water partition coefficient (Wildman–Crippen LogP) is 2.36. The van der Waals surface area contributed by atoms with E-state index in [1.165, 1.54) is 0 Å². The molecule has 0 fully saturated rings. The van der Waals surface area contributed by atoms with Gasteiger partial charge in [-0.15, -0.1) is 22.0 Å². The average Bonchev–Trinajstić information content (AvgIpc) is 2.93. The Kier molecular flexibility index (Phi) is 4.36. The van der Waals surface area contributed by atoms with E-state index >= 15 is 0 Å². The summed E-state index contributed by atoms with van der Waals surface area (Å²) in [4.78, 5) is 0.982. The van der Waals surface area contributed by atoms with E-state index in [1.54, 1.807) is 11.8 Å². The van der Waals surface area contributed by atoms with Crippen LogP contribution in [-0.2, 0) is 0 Å². The normalized spacial score (nSPS) is 11.8. The number of aromatic amines is 1. The van der Waals surface area contributed by atoms with Crippen molar-refractivity contribution in [3.05, 3.63) is 29.6 Å². The molecule has 98 valence electrons. The first kappa shape index (κ1) is 13.4. The summed E-state index contributed by atoms with van der Waals surface area (Å²) in [6.45, 7) is 3.99. The van der Waals surface area contributed by atoms with Crippen LogP contribution in [0.25, 0.3) is 0 Å². The number of nitriles is 1. The molecule has 0 aliphatic heterocycles. The molecule has 19 heavy (non-hydrogen) atoms. The molecule has 1 heterocycles. The van der Waals surface area contributed by atoms with E-state index in [9.17, 15) is 5.26 Å². The van der Waals surface area contributed by atoms with Crippen molar-refractivity contribution in [1.29, 1.82) is 5.26 Å². The van der Waals surface area contributed by atoms with Crippen molar-refractivity contribution in [2.75, 3.05) is 11.1 Å². The number of nitrogens with one attached hydrogen (secondary N) is 2. The molecule has 0 amide bonds. The highest BCUT2D eigenvalue weighted by Crippen LogP contribution is 2.29. The van der Waals surface area contributed by atoms with Crippen LogP contribution in [0.15, 0.2) is 23.1 Å². The van der Waals surface area contributed by atoms with Crippen LogP contribution in [0.1, 0.15) is 31.3 Å². The summed E-state index contributed by atoms with van der Waals surface area (Å²) in [5, 5.41) is 26.4. The van der Waals surface area contributed by atoms with E-state index < -0.39 is 0 Å². The number of hydrogen-bond donors (Lipinski definition) is 2. The summed E-state index contributed by atoms with van der Waals surface area (Å²) in [7, 11) is 0. The van der Waals surface area contributed by atoms with Crippen LogP contribution in [0.2, 0.25) is 0 Å². The summed E-state index contributed by atoms with van der Waals surface area (Å²) >= 11 is 1.65. The van der Waals surface area contributed by atoms with E-state index in [2.05, 4.69) is 38.9 Å². The minimum atomic E-state index is -0.118. The second-order valence-corrected chi connectivity index (χ2v) is 5.17. The summed E-state index contributed by atoms with van der Waals surface area (Å²) < 4.78 is 0. The largest absolute Gasteiger partial charge is 0.374 e. The molecule has 0 saturated heterocycles. The van der Waals surface area contributed by atoms with Crippen molar-refractivity contribution in [1.82, 2.24) is 20.6 Å². The third-order valence-corrected chi connectivity index (χ3v) is 3.50. The lowest BCUT2D eigenvalue weighted by molar-refractivity contribution is 0.792. The lowest BCUT2D eigenvalue weighted by Gasteiger charge is -2.14. The van der Waals surface area contributed by atoms with Gasteiger partial charge in [0, 0.05) is 4.90 Å². The molecule has 2 rings (SSSR count). The molecule has 0 radical (unpaired) electrons. The van der Waals surface area contributed by atoms with Gasteiger partial charge in [-0.25, -0.2) is 0 Å². The fraction of sp³-hybridized carbons (Fsp3) is 0.333. The van der Waals surface area contributed by atoms with Crippen molar-refractivity contribution in [3.63, 3.8) is 0 Å². The third kappa shape index (κ3) is 3.03. The molecule has 2 aromatic rings. The number of benzene rings is 1. The second kappa shape index (κ2) is 6.20. The molecule has 0 aliphatic carbocycles. The highest BCUT2D eigenvalue weighted by atomic mass is 32.2. The van der Waals surface area contributed by atoms with Crippen LogP contribution in [0, 0.1) is 11.3 Å². The molecule has 1 aromatic carbocycles. The number of rotatable bonds is 5. The third-order valence-electron chi connectivity index (χ3n) is 2.56. The second-order valence-electron chi connectivity index (χ2n) is 3.86. The molecule has 1 atom stereocenters. The molecule has 0 spiro atoms. The van der Waals surface area contributed by atoms with Gasteiger partial charge in [-0.2, -0.15) is 10.5 Å². The summed E-state index contributed by atoms with van der Waals surface area (Å²) in [5.41, 5.74) is 1.45. The number of thioether (sulfide) groups is 1. The number of H-pyrrole nitrogens is 1. The Morgan fingerprint density at radius 3 is 3.00 bits per heavy atom. The highest BCUT2D eigenvalue weighted by Gasteiger charge is 2.14. The zero-order valence-corrected chi connectivity index (χ0v) is 11.5. The quantitative estimate of drug-likeness (QED) is 0.813. The first-order chi connectivity index (χ1) is 9.26. The lowest BCUT2D eigenvalue weighted by atomic mass is 10.1. The number of hydrogen-bond acceptors (Lipinski definition) is 6. The maximum absolute atomic E-state index is 9.32. The van der Waals surface area contributed by atoms with E-state index in [0.29, 0.717) is 11.4 Å². The van der Waals surface area contributed by atoms with Crippen molar-refractivity contribution in [3.8, 4) is 6.07 Å². The topological polar surface area (TPSA) is 90.3 Å². The van der Waals surface area contributed by atoms with Crippen molar-refractivity contribution in [2.45, 2.75) is 24.8 Å². The SMILES string of the molecule is CCSc1cccc(NC(C)c2nn[nH]n2)c1C#N. The molecule has 1 aromatic heterocycles. The van der Waals surface area contributed by atoms with Gasteiger partial charge in [0.1, 0.15) is 6.07 Å². The van der Waals surface area contributed by atoms with E-state index in [1.807, 2.05) is 25.1 Å². The lowest BCUT2D eigenvalue weighted by Crippen LogP contribution is -2.10. The van der Waals surface area contributed by atoms with Gasteiger partial charge in [-0.3, -0.25) is 0 Å². The fourth-order valence-electron chi connectivity index (χ4n) is 1.69. The Morgan fingerprint density at radius 1 is 1.53 bits per heavy atom. The van der Waals surface area contributed by atoms with Crippen molar-refractivity contribution >= 4 is 17.4 Å². The van der Waals surface area contributed by atoms with Crippen molar-refractivity contribution in [2.24, 2.45) is 0 Å². The van der Waals surface area contributed by atoms with E-state index in [4.69, 9.17) is 0 Å². The first-order valence-corrected chi connectivity index (χ1v) is 6.90. The number of tetrazole rings is 1. The van der Waals surface area contributed by atoms with Gasteiger partial charge in [-0.1, -0.05) is 18.2 Å². The Morgan fingerprint density at radius 2 is 2.37 bits per heavy atom. The standard InChI is InChI=1S/C12H14N6S/c1-3-19-11-6-4-5-10(9(11)7-13)14-8(2)12-15-17-18-16-12/h4-6,8,14H,3H2,1-2H3,(H,15,16,17,18). The monoisotopic (exact) mass is 274 g/mol. The molecular weight excluding hydrogens is 260 g/mol. The number of nitrogens with zero attached hydrogens (tertiary/aromatic N) is 4. The zero-order valence-electron chi connectivity index (χ0n) is 10.7. The molecule has 2 N–H and O–H groups in total. The highest BCUT2D eigenvalue weighted by molar-refractivity contribution is 7.99. The number of aromatic nitrogens is 4. The summed E-state index contributed by atoms with van der Waals surface area (Å²) in [6, 6.07) is 7.91. The van der Waals surface area contributed by atoms with Gasteiger partial charge >= 0.3 is 0 Å². The smallest absolute Gasteiger partial charge is 0.196 e. The minimum Gasteiger partial charge on any atom is -0.374 e. The maximum Gasteiger partial charge on any atom is 0.196 e. The fourth-order valence-corrected chi connectivity index (χ4v) is 2.48. The van der Waals surface area contributed by atoms with Gasteiger partial charge in [0.05, 0.1) is 17.3 Å². The Bertz CT molecular complexity index is 574. The molecular formula is C12H14N6S. The Labute approximate surface area is 115 Å². The zero-order chi connectivity index (χ0) is 13.7. The van der Waals surface area contributed by atoms with E-state index in [-0.39, 0.29) is 6.04 Å². The van der Waals surface area contributed by atoms with Crippen molar-refractivity contribution < 1.29 is 0 Å². The van der Waals surface area contributed by atoms with Crippen LogP contribution in [-0.4, -0.2) is 26.4 Å². The van der Waals surface area contributed by atoms with Gasteiger partial charge in [0.2, 0.25) is 0 Å². The Hall–Kier alpha value is -2.07. The van der Waals surface area contributed by atoms with Crippen LogP contribution in [0.4, 0.5) is 5.69 Å². The molecule has 0 aliphatic rings. The molecule has 7 heteroatoms. The predicted molar refractivity (Wildman–Crippen MR) is 73.8 cm³/mol. The number of anilines is 1. The first-order valence-electron chi connectivity index (χ1n) is 5.92. The van der Waals surface area contributed by atoms with Crippen LogP contribution in [0.3, 0.4) is 0 Å². The van der Waals surface area contributed by atoms with Gasteiger partial charge in [0.15, 0.2) is 5.82 Å². The van der Waals surface area contributed by atoms with Gasteiger partial charge in [0.25, 0.3) is 0 Å². The van der Waals surface area contributed by atoms with Crippen LogP contribution < -0.4 is 5.32 Å². The molecule has 1 unspecified atom stereocenters. The molecule has 0 saturated carbocycles.